The van der Waals surface area contributed by atoms with Gasteiger partial charge in [0, 0.05) is 19.9 Å². The first-order chi connectivity index (χ1) is 16.2. The van der Waals surface area contributed by atoms with Gasteiger partial charge in [-0.3, -0.25) is 9.59 Å². The number of hydrogen-bond donors (Lipinski definition) is 0. The maximum absolute atomic E-state index is 13.3. The van der Waals surface area contributed by atoms with Crippen LogP contribution in [0.4, 0.5) is 13.2 Å². The van der Waals surface area contributed by atoms with Gasteiger partial charge in [0.2, 0.25) is 0 Å². The second-order valence-electron chi connectivity index (χ2n) is 8.67. The highest BCUT2D eigenvalue weighted by Gasteiger charge is 2.31. The van der Waals surface area contributed by atoms with E-state index in [0.717, 1.165) is 37.1 Å². The Morgan fingerprint density at radius 1 is 1.21 bits per heavy atom. The number of alkyl halides is 3. The number of ether oxygens (including phenoxy) is 1. The Kier molecular flexibility index (Phi) is 5.67. The number of aryl methyl sites for hydroxylation is 1. The Morgan fingerprint density at radius 2 is 2.00 bits per heavy atom. The number of carbonyl (C=O) groups excluding carboxylic acids is 1. The second-order valence-corrected chi connectivity index (χ2v) is 9.77. The number of fused-ring (bicyclic) bond motifs is 1. The molecule has 1 saturated carbocycles. The molecule has 2 heterocycles. The van der Waals surface area contributed by atoms with E-state index in [4.69, 9.17) is 4.74 Å². The van der Waals surface area contributed by atoms with E-state index < -0.39 is 11.7 Å². The van der Waals surface area contributed by atoms with Crippen molar-refractivity contribution in [3.05, 3.63) is 80.3 Å². The molecule has 9 heteroatoms. The maximum atomic E-state index is 13.3. The number of halogens is 3. The average Bonchev–Trinajstić information content (AvgIpc) is 3.54. The lowest BCUT2D eigenvalue weighted by molar-refractivity contribution is -0.137. The van der Waals surface area contributed by atoms with E-state index in [1.807, 2.05) is 0 Å². The Balaban J connectivity index is 1.64. The van der Waals surface area contributed by atoms with E-state index in [0.29, 0.717) is 38.0 Å². The zero-order valence-electron chi connectivity index (χ0n) is 18.3. The van der Waals surface area contributed by atoms with E-state index in [2.05, 4.69) is 5.10 Å². The van der Waals surface area contributed by atoms with E-state index in [-0.39, 0.29) is 24.2 Å². The molecule has 1 fully saturated rings. The fourth-order valence-corrected chi connectivity index (χ4v) is 5.24. The third-order valence-electron chi connectivity index (χ3n) is 5.93. The van der Waals surface area contributed by atoms with Gasteiger partial charge in [-0.2, -0.15) is 18.3 Å². The summed E-state index contributed by atoms with van der Waals surface area (Å²) in [6, 6.07) is 5.16. The van der Waals surface area contributed by atoms with Gasteiger partial charge in [-0.15, -0.1) is 11.3 Å². The highest BCUT2D eigenvalue weighted by Crippen LogP contribution is 2.42. The van der Waals surface area contributed by atoms with Gasteiger partial charge in [0.1, 0.15) is 11.1 Å². The first-order valence-electron chi connectivity index (χ1n) is 11.0. The Hall–Kier alpha value is -3.20. The van der Waals surface area contributed by atoms with Gasteiger partial charge in [0.05, 0.1) is 20.8 Å². The molecule has 0 amide bonds. The number of ketones is 1. The second kappa shape index (κ2) is 8.54. The summed E-state index contributed by atoms with van der Waals surface area (Å²) < 4.78 is 47.9. The standard InChI is InChI=1S/C25H21F3N2O3S/c1-30-24(32)21-22(33-18-9-7-17(31)8-10-18)20(34-23(21)19(29-30)12-14-5-6-14)13-15-3-2-4-16(11-15)25(26,27)28/h2-4,7,9-11,14H,5-6,8,12-13H2,1H3. The zero-order valence-corrected chi connectivity index (χ0v) is 19.1. The minimum atomic E-state index is -4.45. The molecule has 1 aromatic carbocycles. The number of benzene rings is 1. The van der Waals surface area contributed by atoms with Crippen molar-refractivity contribution in [2.45, 2.75) is 38.3 Å². The fraction of sp³-hybridized carbons (Fsp3) is 0.320. The van der Waals surface area contributed by atoms with Crippen LogP contribution in [0.2, 0.25) is 0 Å². The lowest BCUT2D eigenvalue weighted by atomic mass is 10.1. The molecule has 2 aliphatic rings. The molecule has 0 atom stereocenters. The van der Waals surface area contributed by atoms with E-state index >= 15 is 0 Å². The van der Waals surface area contributed by atoms with Crippen molar-refractivity contribution in [3.8, 4) is 5.75 Å². The van der Waals surface area contributed by atoms with Crippen LogP contribution in [0.5, 0.6) is 5.75 Å². The Morgan fingerprint density at radius 3 is 2.68 bits per heavy atom. The van der Waals surface area contributed by atoms with Crippen molar-refractivity contribution in [1.29, 1.82) is 0 Å². The summed E-state index contributed by atoms with van der Waals surface area (Å²) in [5, 5.41) is 4.86. The quantitative estimate of drug-likeness (QED) is 0.471. The van der Waals surface area contributed by atoms with Gasteiger partial charge in [-0.05, 0) is 55.0 Å². The van der Waals surface area contributed by atoms with Crippen molar-refractivity contribution in [3.63, 3.8) is 0 Å². The van der Waals surface area contributed by atoms with Crippen molar-refractivity contribution >= 4 is 27.2 Å². The fourth-order valence-electron chi connectivity index (χ4n) is 4.00. The van der Waals surface area contributed by atoms with Crippen LogP contribution in [0.15, 0.2) is 53.0 Å². The van der Waals surface area contributed by atoms with E-state index in [1.165, 1.54) is 28.2 Å². The lowest BCUT2D eigenvalue weighted by Gasteiger charge is -2.12. The molecule has 0 aliphatic heterocycles. The van der Waals surface area contributed by atoms with Crippen LogP contribution in [0.1, 0.15) is 41.0 Å². The molecule has 0 spiro atoms. The third-order valence-corrected chi connectivity index (χ3v) is 7.15. The van der Waals surface area contributed by atoms with Gasteiger partial charge in [0.25, 0.3) is 5.56 Å². The maximum Gasteiger partial charge on any atom is 0.416 e. The molecule has 0 unspecified atom stereocenters. The van der Waals surface area contributed by atoms with Crippen molar-refractivity contribution < 1.29 is 22.7 Å². The van der Waals surface area contributed by atoms with Gasteiger partial charge >= 0.3 is 6.18 Å². The molecule has 0 bridgehead atoms. The average molecular weight is 487 g/mol. The zero-order chi connectivity index (χ0) is 24.0. The molecular weight excluding hydrogens is 465 g/mol. The molecule has 5 rings (SSSR count). The number of hydrogen-bond acceptors (Lipinski definition) is 5. The van der Waals surface area contributed by atoms with Gasteiger partial charge < -0.3 is 4.74 Å². The molecule has 3 aromatic rings. The summed E-state index contributed by atoms with van der Waals surface area (Å²) in [5.41, 5.74) is 0.209. The van der Waals surface area contributed by atoms with Crippen LogP contribution in [-0.4, -0.2) is 15.6 Å². The van der Waals surface area contributed by atoms with Crippen LogP contribution >= 0.6 is 11.3 Å². The van der Waals surface area contributed by atoms with Crippen LogP contribution in [0.25, 0.3) is 10.1 Å². The molecule has 5 nitrogen and oxygen atoms in total. The van der Waals surface area contributed by atoms with Crippen LogP contribution in [-0.2, 0) is 30.9 Å². The monoisotopic (exact) mass is 486 g/mol. The summed E-state index contributed by atoms with van der Waals surface area (Å²) in [6.07, 6.45) is 3.46. The molecule has 0 N–H and O–H groups in total. The lowest BCUT2D eigenvalue weighted by Crippen LogP contribution is -2.21. The first kappa shape index (κ1) is 22.6. The number of carbonyl (C=O) groups is 1. The molecule has 176 valence electrons. The van der Waals surface area contributed by atoms with Gasteiger partial charge in [-0.1, -0.05) is 18.2 Å². The number of nitrogens with zero attached hydrogens (tertiary/aromatic N) is 2. The summed E-state index contributed by atoms with van der Waals surface area (Å²) in [5.74, 6) is 1.22. The predicted octanol–water partition coefficient (Wildman–Crippen LogP) is 5.35. The molecule has 2 aromatic heterocycles. The Labute approximate surface area is 197 Å². The molecular formula is C25H21F3N2O3S. The van der Waals surface area contributed by atoms with Crippen LogP contribution < -0.4 is 10.3 Å². The minimum Gasteiger partial charge on any atom is -0.456 e. The first-order valence-corrected chi connectivity index (χ1v) is 11.8. The highest BCUT2D eigenvalue weighted by molar-refractivity contribution is 7.19. The molecule has 0 saturated heterocycles. The normalized spacial score (nSPS) is 16.2. The van der Waals surface area contributed by atoms with Gasteiger partial charge in [-0.25, -0.2) is 4.68 Å². The summed E-state index contributed by atoms with van der Waals surface area (Å²) in [4.78, 5) is 25.3. The highest BCUT2D eigenvalue weighted by atomic mass is 32.1. The van der Waals surface area contributed by atoms with Crippen LogP contribution in [0, 0.1) is 5.92 Å². The van der Waals surface area contributed by atoms with E-state index in [9.17, 15) is 22.8 Å². The van der Waals surface area contributed by atoms with E-state index in [1.54, 1.807) is 25.3 Å². The number of thiophene rings is 1. The number of aromatic nitrogens is 2. The molecule has 0 radical (unpaired) electrons. The summed E-state index contributed by atoms with van der Waals surface area (Å²) in [6.45, 7) is 0. The third kappa shape index (κ3) is 4.57. The molecule has 2 aliphatic carbocycles. The van der Waals surface area contributed by atoms with Gasteiger partial charge in [0.15, 0.2) is 11.5 Å². The smallest absolute Gasteiger partial charge is 0.416 e. The molecule has 34 heavy (non-hydrogen) atoms. The van der Waals surface area contributed by atoms with Crippen molar-refractivity contribution in [2.75, 3.05) is 0 Å². The minimum absolute atomic E-state index is 0.0569. The Bertz CT molecular complexity index is 1410. The van der Waals surface area contributed by atoms with Crippen LogP contribution in [0.3, 0.4) is 0 Å². The predicted molar refractivity (Wildman–Crippen MR) is 123 cm³/mol. The van der Waals surface area contributed by atoms with Crippen molar-refractivity contribution in [2.24, 2.45) is 13.0 Å². The number of rotatable bonds is 6. The largest absolute Gasteiger partial charge is 0.456 e. The topological polar surface area (TPSA) is 61.2 Å². The van der Waals surface area contributed by atoms with Crippen molar-refractivity contribution in [1.82, 2.24) is 9.78 Å². The number of allylic oxidation sites excluding steroid dienone is 3. The summed E-state index contributed by atoms with van der Waals surface area (Å²) >= 11 is 1.34. The SMILES string of the molecule is Cn1nc(CC2CC2)c2sc(Cc3cccc(C(F)(F)F)c3)c(OC3=CCC(=O)C=C3)c2c1=O. The summed E-state index contributed by atoms with van der Waals surface area (Å²) in [7, 11) is 1.59.